The molecule has 5 rings (SSSR count). The summed E-state index contributed by atoms with van der Waals surface area (Å²) in [6.45, 7) is 0.944. The first-order chi connectivity index (χ1) is 21.1. The van der Waals surface area contributed by atoms with Gasteiger partial charge in [-0.05, 0) is 59.5 Å². The van der Waals surface area contributed by atoms with Gasteiger partial charge in [0, 0.05) is 36.6 Å². The lowest BCUT2D eigenvalue weighted by Crippen LogP contribution is -2.48. The van der Waals surface area contributed by atoms with Crippen molar-refractivity contribution in [3.63, 3.8) is 0 Å². The Hall–Kier alpha value is -4.39. The summed E-state index contributed by atoms with van der Waals surface area (Å²) in [6, 6.07) is 34.8. The number of rotatable bonds is 13. The average Bonchev–Trinajstić information content (AvgIpc) is 3.44. The summed E-state index contributed by atoms with van der Waals surface area (Å²) in [5, 5.41) is 12.9. The Kier molecular flexibility index (Phi) is 10.3. The summed E-state index contributed by atoms with van der Waals surface area (Å²) in [4.78, 5) is 19.3. The van der Waals surface area contributed by atoms with E-state index in [-0.39, 0.29) is 12.5 Å². The highest BCUT2D eigenvalue weighted by molar-refractivity contribution is 6.30. The molecule has 4 aromatic rings. The molecule has 1 heterocycles. The second kappa shape index (κ2) is 14.7. The second-order valence-electron chi connectivity index (χ2n) is 10.3. The molecule has 0 bridgehead atoms. The average molecular weight is 595 g/mol. The molecular weight excluding hydrogens is 560 g/mol. The molecule has 6 nitrogen and oxygen atoms in total. The maximum Gasteiger partial charge on any atom is 0.252 e. The van der Waals surface area contributed by atoms with Crippen molar-refractivity contribution in [3.05, 3.63) is 143 Å². The summed E-state index contributed by atoms with van der Waals surface area (Å²) < 4.78 is 12.3. The SMILES string of the molecule is O=C(NCCc1ccc(Cl)cc1)[C@]1(C/C=C/c2ccccc2)N=C(c2ccc(OCCCO)cc2)O[C@@H]1c1ccccc1. The predicted molar refractivity (Wildman–Crippen MR) is 171 cm³/mol. The van der Waals surface area contributed by atoms with Crippen LogP contribution in [0.5, 0.6) is 5.75 Å². The molecule has 0 aliphatic carbocycles. The molecule has 0 aromatic heterocycles. The fourth-order valence-corrected chi connectivity index (χ4v) is 5.13. The quantitative estimate of drug-likeness (QED) is 0.166. The van der Waals surface area contributed by atoms with Gasteiger partial charge in [0.25, 0.3) is 5.91 Å². The van der Waals surface area contributed by atoms with E-state index in [1.807, 2.05) is 121 Å². The molecule has 2 N–H and O–H groups in total. The molecule has 0 spiro atoms. The number of carbonyl (C=O) groups excluding carboxylic acids is 1. The molecule has 0 unspecified atom stereocenters. The number of halogens is 1. The Morgan fingerprint density at radius 3 is 2.35 bits per heavy atom. The van der Waals surface area contributed by atoms with Gasteiger partial charge in [0.05, 0.1) is 6.61 Å². The van der Waals surface area contributed by atoms with E-state index in [1.54, 1.807) is 0 Å². The van der Waals surface area contributed by atoms with Crippen LogP contribution in [0, 0.1) is 0 Å². The van der Waals surface area contributed by atoms with Gasteiger partial charge < -0.3 is 19.9 Å². The molecule has 0 radical (unpaired) electrons. The minimum Gasteiger partial charge on any atom is -0.494 e. The zero-order valence-electron chi connectivity index (χ0n) is 23.9. The summed E-state index contributed by atoms with van der Waals surface area (Å²) in [7, 11) is 0. The Balaban J connectivity index is 1.46. The maximum absolute atomic E-state index is 14.2. The van der Waals surface area contributed by atoms with Crippen molar-refractivity contribution < 1.29 is 19.4 Å². The Morgan fingerprint density at radius 2 is 1.65 bits per heavy atom. The van der Waals surface area contributed by atoms with E-state index in [9.17, 15) is 4.79 Å². The first kappa shape index (κ1) is 30.1. The first-order valence-electron chi connectivity index (χ1n) is 14.5. The van der Waals surface area contributed by atoms with Gasteiger partial charge >= 0.3 is 0 Å². The third kappa shape index (κ3) is 7.72. The number of amides is 1. The molecule has 1 aliphatic rings. The Labute approximate surface area is 257 Å². The van der Waals surface area contributed by atoms with Gasteiger partial charge in [-0.1, -0.05) is 96.5 Å². The van der Waals surface area contributed by atoms with Crippen molar-refractivity contribution in [2.45, 2.75) is 30.9 Å². The lowest BCUT2D eigenvalue weighted by atomic mass is 9.84. The van der Waals surface area contributed by atoms with Gasteiger partial charge in [0.15, 0.2) is 11.6 Å². The molecule has 43 heavy (non-hydrogen) atoms. The van der Waals surface area contributed by atoms with Crippen LogP contribution in [-0.4, -0.2) is 42.2 Å². The van der Waals surface area contributed by atoms with E-state index in [2.05, 4.69) is 5.32 Å². The topological polar surface area (TPSA) is 80.2 Å². The monoisotopic (exact) mass is 594 g/mol. The van der Waals surface area contributed by atoms with Crippen LogP contribution < -0.4 is 10.1 Å². The van der Waals surface area contributed by atoms with E-state index in [0.717, 1.165) is 22.3 Å². The van der Waals surface area contributed by atoms with Crippen LogP contribution >= 0.6 is 11.6 Å². The molecule has 220 valence electrons. The van der Waals surface area contributed by atoms with Gasteiger partial charge in [-0.15, -0.1) is 0 Å². The minimum absolute atomic E-state index is 0.0756. The maximum atomic E-state index is 14.2. The van der Waals surface area contributed by atoms with Crippen LogP contribution in [0.2, 0.25) is 5.02 Å². The summed E-state index contributed by atoms with van der Waals surface area (Å²) >= 11 is 6.05. The first-order valence-corrected chi connectivity index (χ1v) is 14.8. The number of aliphatic imine (C=N–C) groups is 1. The predicted octanol–water partition coefficient (Wildman–Crippen LogP) is 6.82. The van der Waals surface area contributed by atoms with Gasteiger partial charge in [0.1, 0.15) is 5.75 Å². The standard InChI is InChI=1S/C36H35ClN2O4/c37-31-18-14-28(15-19-31)22-24-38-35(41)36(23-7-11-27-9-3-1-4-10-27)33(29-12-5-2-6-13-29)43-34(39-36)30-16-20-32(21-17-30)42-26-8-25-40/h1-7,9-21,33,40H,8,22-26H2,(H,38,41)/b11-7+/t33-,36-/m1/s1. The zero-order chi connectivity index (χ0) is 29.9. The summed E-state index contributed by atoms with van der Waals surface area (Å²) in [6.07, 6.45) is 4.92. The second-order valence-corrected chi connectivity index (χ2v) is 10.8. The van der Waals surface area contributed by atoms with Crippen molar-refractivity contribution >= 4 is 29.5 Å². The number of hydrogen-bond donors (Lipinski definition) is 2. The fraction of sp³-hybridized carbons (Fsp3) is 0.222. The number of carbonyl (C=O) groups is 1. The number of aliphatic hydroxyl groups excluding tert-OH is 1. The molecule has 0 saturated carbocycles. The largest absolute Gasteiger partial charge is 0.494 e. The third-order valence-electron chi connectivity index (χ3n) is 7.28. The number of aliphatic hydroxyl groups is 1. The Bertz CT molecular complexity index is 1520. The van der Waals surface area contributed by atoms with E-state index in [1.165, 1.54) is 0 Å². The molecule has 1 aliphatic heterocycles. The number of hydrogen-bond acceptors (Lipinski definition) is 5. The van der Waals surface area contributed by atoms with Crippen molar-refractivity contribution in [1.82, 2.24) is 5.32 Å². The zero-order valence-corrected chi connectivity index (χ0v) is 24.6. The normalized spacial score (nSPS) is 17.8. The highest BCUT2D eigenvalue weighted by atomic mass is 35.5. The Morgan fingerprint density at radius 1 is 0.953 bits per heavy atom. The lowest BCUT2D eigenvalue weighted by Gasteiger charge is -2.29. The number of benzene rings is 4. The number of nitrogens with one attached hydrogen (secondary N) is 1. The smallest absolute Gasteiger partial charge is 0.252 e. The highest BCUT2D eigenvalue weighted by Crippen LogP contribution is 2.43. The van der Waals surface area contributed by atoms with Crippen molar-refractivity contribution in [2.24, 2.45) is 4.99 Å². The van der Waals surface area contributed by atoms with Crippen LogP contribution in [0.1, 0.15) is 41.2 Å². The highest BCUT2D eigenvalue weighted by Gasteiger charge is 2.52. The van der Waals surface area contributed by atoms with Gasteiger partial charge in [-0.25, -0.2) is 4.99 Å². The van der Waals surface area contributed by atoms with Crippen LogP contribution in [0.3, 0.4) is 0 Å². The van der Waals surface area contributed by atoms with Crippen LogP contribution in [0.25, 0.3) is 6.08 Å². The fourth-order valence-electron chi connectivity index (χ4n) is 5.01. The van der Waals surface area contributed by atoms with Crippen LogP contribution in [0.15, 0.2) is 120 Å². The van der Waals surface area contributed by atoms with Crippen LogP contribution in [-0.2, 0) is 16.0 Å². The number of nitrogens with zero attached hydrogens (tertiary/aromatic N) is 1. The summed E-state index contributed by atoms with van der Waals surface area (Å²) in [5.41, 5.74) is 2.50. The molecule has 0 fully saturated rings. The van der Waals surface area contributed by atoms with E-state index in [4.69, 9.17) is 31.2 Å². The molecule has 0 saturated heterocycles. The molecule has 1 amide bonds. The summed E-state index contributed by atoms with van der Waals surface area (Å²) in [5.74, 6) is 0.885. The van der Waals surface area contributed by atoms with Crippen molar-refractivity contribution in [3.8, 4) is 5.75 Å². The third-order valence-corrected chi connectivity index (χ3v) is 7.54. The van der Waals surface area contributed by atoms with Gasteiger partial charge in [-0.2, -0.15) is 0 Å². The molecule has 2 atom stereocenters. The van der Waals surface area contributed by atoms with Gasteiger partial charge in [-0.3, -0.25) is 4.79 Å². The van der Waals surface area contributed by atoms with E-state index < -0.39 is 11.6 Å². The molecule has 4 aromatic carbocycles. The number of ether oxygens (including phenoxy) is 2. The van der Waals surface area contributed by atoms with E-state index >= 15 is 0 Å². The molecular formula is C36H35ClN2O4. The molecule has 7 heteroatoms. The van der Waals surface area contributed by atoms with Gasteiger partial charge in [0.2, 0.25) is 5.90 Å². The van der Waals surface area contributed by atoms with Crippen molar-refractivity contribution in [1.29, 1.82) is 0 Å². The van der Waals surface area contributed by atoms with E-state index in [0.29, 0.717) is 49.1 Å². The van der Waals surface area contributed by atoms with Crippen molar-refractivity contribution in [2.75, 3.05) is 19.8 Å². The van der Waals surface area contributed by atoms with Crippen LogP contribution in [0.4, 0.5) is 0 Å². The minimum atomic E-state index is -1.24. The lowest BCUT2D eigenvalue weighted by molar-refractivity contribution is -0.128.